The normalized spacial score (nSPS) is 11.4. The van der Waals surface area contributed by atoms with Gasteiger partial charge in [0.1, 0.15) is 5.75 Å². The number of aliphatic carboxylic acids is 1. The average molecular weight is 359 g/mol. The zero-order valence-corrected chi connectivity index (χ0v) is 16.4. The molecule has 1 N–H and O–H groups in total. The molecule has 0 fully saturated rings. The minimum Gasteiger partial charge on any atom is -0.496 e. The molecule has 134 valence electrons. The Balaban J connectivity index is 2.50. The number of carboxylic acid groups (broad SMARTS) is 1. The third-order valence-corrected chi connectivity index (χ3v) is 5.15. The standard InChI is InChI=1S/C21H26O3S/c1-14-6-8-17(16(10-14)13-25-21(2,3)4)18-11-15(12-20(22)23)7-9-19(18)24-5/h6-11H,12-13H2,1-5H3,(H,22,23). The fraction of sp³-hybridized carbons (Fsp3) is 0.381. The van der Waals surface area contributed by atoms with E-state index in [2.05, 4.69) is 45.9 Å². The van der Waals surface area contributed by atoms with Crippen molar-refractivity contribution in [2.45, 2.75) is 44.6 Å². The number of ether oxygens (including phenoxy) is 1. The zero-order chi connectivity index (χ0) is 18.6. The number of carbonyl (C=O) groups is 1. The van der Waals surface area contributed by atoms with E-state index < -0.39 is 5.97 Å². The molecule has 2 aromatic rings. The summed E-state index contributed by atoms with van der Waals surface area (Å²) in [6, 6.07) is 12.0. The molecular weight excluding hydrogens is 332 g/mol. The van der Waals surface area contributed by atoms with Gasteiger partial charge in [0, 0.05) is 16.1 Å². The second-order valence-corrected chi connectivity index (χ2v) is 8.97. The van der Waals surface area contributed by atoms with Crippen LogP contribution in [0.15, 0.2) is 36.4 Å². The Labute approximate surface area is 154 Å². The van der Waals surface area contributed by atoms with Crippen LogP contribution in [0.4, 0.5) is 0 Å². The van der Waals surface area contributed by atoms with Crippen LogP contribution in [0, 0.1) is 6.92 Å². The second-order valence-electron chi connectivity index (χ2n) is 7.17. The van der Waals surface area contributed by atoms with Gasteiger partial charge in [-0.05, 0) is 35.7 Å². The molecule has 0 atom stereocenters. The molecule has 4 heteroatoms. The first-order chi connectivity index (χ1) is 11.7. The average Bonchev–Trinajstić information content (AvgIpc) is 2.52. The van der Waals surface area contributed by atoms with E-state index in [4.69, 9.17) is 9.84 Å². The van der Waals surface area contributed by atoms with Crippen LogP contribution in [0.3, 0.4) is 0 Å². The number of rotatable bonds is 6. The molecule has 3 nitrogen and oxygen atoms in total. The number of hydrogen-bond donors (Lipinski definition) is 1. The van der Waals surface area contributed by atoms with Gasteiger partial charge in [0.05, 0.1) is 13.5 Å². The van der Waals surface area contributed by atoms with Gasteiger partial charge in [-0.15, -0.1) is 0 Å². The van der Waals surface area contributed by atoms with Crippen molar-refractivity contribution in [1.82, 2.24) is 0 Å². The molecule has 2 rings (SSSR count). The van der Waals surface area contributed by atoms with E-state index >= 15 is 0 Å². The maximum atomic E-state index is 11.1. The van der Waals surface area contributed by atoms with Gasteiger partial charge in [-0.2, -0.15) is 11.8 Å². The first-order valence-corrected chi connectivity index (χ1v) is 9.31. The molecule has 0 aromatic heterocycles. The lowest BCUT2D eigenvalue weighted by molar-refractivity contribution is -0.136. The largest absolute Gasteiger partial charge is 0.496 e. The van der Waals surface area contributed by atoms with Crippen molar-refractivity contribution in [1.29, 1.82) is 0 Å². The molecular formula is C21H26O3S. The van der Waals surface area contributed by atoms with Crippen LogP contribution < -0.4 is 4.74 Å². The van der Waals surface area contributed by atoms with E-state index in [1.165, 1.54) is 11.1 Å². The van der Waals surface area contributed by atoms with E-state index in [0.717, 1.165) is 28.2 Å². The Morgan fingerprint density at radius 3 is 2.44 bits per heavy atom. The third-order valence-electron chi connectivity index (χ3n) is 3.83. The molecule has 0 saturated heterocycles. The Kier molecular flexibility index (Phi) is 6.17. The summed E-state index contributed by atoms with van der Waals surface area (Å²) in [5, 5.41) is 9.09. The smallest absolute Gasteiger partial charge is 0.307 e. The number of thioether (sulfide) groups is 1. The van der Waals surface area contributed by atoms with E-state index in [0.29, 0.717) is 0 Å². The van der Waals surface area contributed by atoms with Crippen molar-refractivity contribution in [3.05, 3.63) is 53.1 Å². The maximum absolute atomic E-state index is 11.1. The highest BCUT2D eigenvalue weighted by molar-refractivity contribution is 7.99. The summed E-state index contributed by atoms with van der Waals surface area (Å²) < 4.78 is 5.71. The lowest BCUT2D eigenvalue weighted by Crippen LogP contribution is -2.08. The first-order valence-electron chi connectivity index (χ1n) is 8.32. The van der Waals surface area contributed by atoms with Crippen molar-refractivity contribution in [2.75, 3.05) is 7.11 Å². The highest BCUT2D eigenvalue weighted by Crippen LogP contribution is 2.37. The Hall–Kier alpha value is -1.94. The van der Waals surface area contributed by atoms with E-state index in [-0.39, 0.29) is 11.2 Å². The highest BCUT2D eigenvalue weighted by atomic mass is 32.2. The molecule has 0 aliphatic heterocycles. The van der Waals surface area contributed by atoms with Crippen LogP contribution >= 0.6 is 11.8 Å². The molecule has 0 radical (unpaired) electrons. The van der Waals surface area contributed by atoms with Gasteiger partial charge in [-0.3, -0.25) is 4.79 Å². The second kappa shape index (κ2) is 7.96. The van der Waals surface area contributed by atoms with Crippen molar-refractivity contribution in [3.8, 4) is 16.9 Å². The van der Waals surface area contributed by atoms with Crippen LogP contribution in [0.5, 0.6) is 5.75 Å². The van der Waals surface area contributed by atoms with Gasteiger partial charge in [-0.1, -0.05) is 50.6 Å². The van der Waals surface area contributed by atoms with Gasteiger partial charge < -0.3 is 9.84 Å². The zero-order valence-electron chi connectivity index (χ0n) is 15.6. The fourth-order valence-electron chi connectivity index (χ4n) is 2.65. The van der Waals surface area contributed by atoms with E-state index in [1.54, 1.807) is 7.11 Å². The van der Waals surface area contributed by atoms with Gasteiger partial charge in [0.15, 0.2) is 0 Å². The van der Waals surface area contributed by atoms with Crippen LogP contribution in [0.2, 0.25) is 0 Å². The highest BCUT2D eigenvalue weighted by Gasteiger charge is 2.16. The Morgan fingerprint density at radius 2 is 1.84 bits per heavy atom. The molecule has 0 spiro atoms. The molecule has 2 aromatic carbocycles. The predicted molar refractivity (Wildman–Crippen MR) is 106 cm³/mol. The molecule has 0 bridgehead atoms. The summed E-state index contributed by atoms with van der Waals surface area (Å²) in [6.45, 7) is 8.72. The van der Waals surface area contributed by atoms with Crippen LogP contribution in [-0.4, -0.2) is 22.9 Å². The van der Waals surface area contributed by atoms with Gasteiger partial charge in [0.2, 0.25) is 0 Å². The minimum atomic E-state index is -0.830. The van der Waals surface area contributed by atoms with Gasteiger partial charge >= 0.3 is 5.97 Å². The summed E-state index contributed by atoms with van der Waals surface area (Å²) >= 11 is 1.90. The molecule has 0 aliphatic rings. The van der Waals surface area contributed by atoms with Crippen LogP contribution in [-0.2, 0) is 17.0 Å². The monoisotopic (exact) mass is 358 g/mol. The molecule has 0 amide bonds. The Bertz CT molecular complexity index is 760. The van der Waals surface area contributed by atoms with Crippen LogP contribution in [0.25, 0.3) is 11.1 Å². The van der Waals surface area contributed by atoms with Gasteiger partial charge in [-0.25, -0.2) is 0 Å². The van der Waals surface area contributed by atoms with E-state index in [1.807, 2.05) is 30.0 Å². The topological polar surface area (TPSA) is 46.5 Å². The summed E-state index contributed by atoms with van der Waals surface area (Å²) in [7, 11) is 1.65. The number of methoxy groups -OCH3 is 1. The van der Waals surface area contributed by atoms with Crippen molar-refractivity contribution < 1.29 is 14.6 Å². The fourth-order valence-corrected chi connectivity index (χ4v) is 3.48. The predicted octanol–water partition coefficient (Wildman–Crippen LogP) is 5.33. The summed E-state index contributed by atoms with van der Waals surface area (Å²) in [5.41, 5.74) is 5.29. The quantitative estimate of drug-likeness (QED) is 0.758. The number of carboxylic acids is 1. The SMILES string of the molecule is COc1ccc(CC(=O)O)cc1-c1ccc(C)cc1CSC(C)(C)C. The lowest BCUT2D eigenvalue weighted by Gasteiger charge is -2.20. The molecule has 0 saturated carbocycles. The number of aryl methyl sites for hydroxylation is 1. The summed E-state index contributed by atoms with van der Waals surface area (Å²) in [6.07, 6.45) is 0.00886. The minimum absolute atomic E-state index is 0.00886. The van der Waals surface area contributed by atoms with Gasteiger partial charge in [0.25, 0.3) is 0 Å². The summed E-state index contributed by atoms with van der Waals surface area (Å²) in [5.74, 6) is 0.829. The van der Waals surface area contributed by atoms with Crippen LogP contribution in [0.1, 0.15) is 37.5 Å². The number of benzene rings is 2. The number of hydrogen-bond acceptors (Lipinski definition) is 3. The maximum Gasteiger partial charge on any atom is 0.307 e. The Morgan fingerprint density at radius 1 is 1.12 bits per heavy atom. The molecule has 0 unspecified atom stereocenters. The molecule has 0 heterocycles. The van der Waals surface area contributed by atoms with Crippen molar-refractivity contribution >= 4 is 17.7 Å². The van der Waals surface area contributed by atoms with Crippen molar-refractivity contribution in [2.24, 2.45) is 0 Å². The molecule has 25 heavy (non-hydrogen) atoms. The molecule has 0 aliphatic carbocycles. The van der Waals surface area contributed by atoms with Crippen molar-refractivity contribution in [3.63, 3.8) is 0 Å². The third kappa shape index (κ3) is 5.53. The summed E-state index contributed by atoms with van der Waals surface area (Å²) in [4.78, 5) is 11.1. The first kappa shape index (κ1) is 19.4. The lowest BCUT2D eigenvalue weighted by atomic mass is 9.95. The van der Waals surface area contributed by atoms with E-state index in [9.17, 15) is 4.79 Å².